The molecule has 1 rings (SSSR count). The van der Waals surface area contributed by atoms with Gasteiger partial charge in [0.05, 0.1) is 12.7 Å². The predicted octanol–water partition coefficient (Wildman–Crippen LogP) is 1.05. The number of aromatic nitrogens is 3. The molecule has 1 aromatic heterocycles. The van der Waals surface area contributed by atoms with Gasteiger partial charge in [0.25, 0.3) is 0 Å². The van der Waals surface area contributed by atoms with Crippen LogP contribution in [-0.4, -0.2) is 56.6 Å². The quantitative estimate of drug-likeness (QED) is 0.846. The molecule has 0 spiro atoms. The Morgan fingerprint density at radius 3 is 2.57 bits per heavy atom. The van der Waals surface area contributed by atoms with Gasteiger partial charge in [0.15, 0.2) is 5.69 Å². The van der Waals surface area contributed by atoms with Crippen LogP contribution in [0.2, 0.25) is 0 Å². The Labute approximate surface area is 124 Å². The first-order chi connectivity index (χ1) is 9.62. The molecule has 1 unspecified atom stereocenters. The molecule has 1 heterocycles. The number of amides is 2. The highest BCUT2D eigenvalue weighted by molar-refractivity contribution is 5.84. The zero-order valence-corrected chi connectivity index (χ0v) is 13.1. The SMILES string of the molecule is CC(N(C)C(=O)NCCn1cc(C(=O)O)nn1)C(C)(C)C. The number of nitrogens with zero attached hydrogens (tertiary/aromatic N) is 4. The number of aromatic carboxylic acids is 1. The number of carboxylic acids is 1. The van der Waals surface area contributed by atoms with E-state index < -0.39 is 5.97 Å². The van der Waals surface area contributed by atoms with E-state index in [0.717, 1.165) is 0 Å². The topological polar surface area (TPSA) is 100 Å². The third-order valence-corrected chi connectivity index (χ3v) is 3.53. The molecule has 1 aromatic rings. The molecule has 0 aromatic carbocycles. The first-order valence-corrected chi connectivity index (χ1v) is 6.77. The molecule has 0 radical (unpaired) electrons. The minimum Gasteiger partial charge on any atom is -0.476 e. The van der Waals surface area contributed by atoms with Gasteiger partial charge in [-0.05, 0) is 12.3 Å². The zero-order chi connectivity index (χ0) is 16.2. The number of carbonyl (C=O) groups is 2. The summed E-state index contributed by atoms with van der Waals surface area (Å²) in [5, 5.41) is 18.7. The predicted molar refractivity (Wildman–Crippen MR) is 77.1 cm³/mol. The van der Waals surface area contributed by atoms with Crippen molar-refractivity contribution in [1.29, 1.82) is 0 Å². The largest absolute Gasteiger partial charge is 0.476 e. The van der Waals surface area contributed by atoms with Gasteiger partial charge in [0, 0.05) is 19.6 Å². The fraction of sp³-hybridized carbons (Fsp3) is 0.692. The van der Waals surface area contributed by atoms with Gasteiger partial charge in [-0.15, -0.1) is 5.10 Å². The van der Waals surface area contributed by atoms with Crippen molar-refractivity contribution in [1.82, 2.24) is 25.2 Å². The Bertz CT molecular complexity index is 506. The van der Waals surface area contributed by atoms with Crippen LogP contribution in [0, 0.1) is 5.41 Å². The van der Waals surface area contributed by atoms with Crippen molar-refractivity contribution in [2.45, 2.75) is 40.3 Å². The standard InChI is InChI=1S/C13H23N5O3/c1-9(13(2,3)4)17(5)12(21)14-6-7-18-8-10(11(19)20)15-16-18/h8-9H,6-7H2,1-5H3,(H,14,21)(H,19,20). The van der Waals surface area contributed by atoms with Gasteiger partial charge >= 0.3 is 12.0 Å². The second-order valence-corrected chi connectivity index (χ2v) is 6.06. The van der Waals surface area contributed by atoms with Crippen LogP contribution in [-0.2, 0) is 6.54 Å². The van der Waals surface area contributed by atoms with Crippen LogP contribution in [0.3, 0.4) is 0 Å². The van der Waals surface area contributed by atoms with E-state index >= 15 is 0 Å². The molecule has 0 aliphatic rings. The van der Waals surface area contributed by atoms with Crippen molar-refractivity contribution in [3.05, 3.63) is 11.9 Å². The second-order valence-electron chi connectivity index (χ2n) is 6.06. The van der Waals surface area contributed by atoms with E-state index in [-0.39, 0.29) is 23.2 Å². The number of carbonyl (C=O) groups excluding carboxylic acids is 1. The first-order valence-electron chi connectivity index (χ1n) is 6.77. The monoisotopic (exact) mass is 297 g/mol. The van der Waals surface area contributed by atoms with E-state index in [1.165, 1.54) is 10.9 Å². The van der Waals surface area contributed by atoms with Crippen LogP contribution in [0.1, 0.15) is 38.2 Å². The molecular formula is C13H23N5O3. The van der Waals surface area contributed by atoms with Gasteiger partial charge in [-0.2, -0.15) is 0 Å². The van der Waals surface area contributed by atoms with Gasteiger partial charge in [-0.1, -0.05) is 26.0 Å². The Kier molecular flexibility index (Phi) is 5.28. The average molecular weight is 297 g/mol. The normalized spacial score (nSPS) is 12.8. The summed E-state index contributed by atoms with van der Waals surface area (Å²) in [6.07, 6.45) is 1.33. The zero-order valence-electron chi connectivity index (χ0n) is 13.1. The molecular weight excluding hydrogens is 274 g/mol. The number of nitrogens with one attached hydrogen (secondary N) is 1. The summed E-state index contributed by atoms with van der Waals surface area (Å²) >= 11 is 0. The lowest BCUT2D eigenvalue weighted by atomic mass is 9.87. The summed E-state index contributed by atoms with van der Waals surface area (Å²) in [4.78, 5) is 24.3. The highest BCUT2D eigenvalue weighted by Gasteiger charge is 2.26. The first kappa shape index (κ1) is 16.9. The van der Waals surface area contributed by atoms with Gasteiger partial charge in [-0.25, -0.2) is 14.3 Å². The van der Waals surface area contributed by atoms with Crippen LogP contribution in [0.5, 0.6) is 0 Å². The lowest BCUT2D eigenvalue weighted by Gasteiger charge is -2.35. The summed E-state index contributed by atoms with van der Waals surface area (Å²) in [5.41, 5.74) is -0.117. The highest BCUT2D eigenvalue weighted by Crippen LogP contribution is 2.22. The molecule has 2 amide bonds. The lowest BCUT2D eigenvalue weighted by Crippen LogP contribution is -2.48. The molecule has 21 heavy (non-hydrogen) atoms. The molecule has 8 heteroatoms. The maximum Gasteiger partial charge on any atom is 0.358 e. The summed E-state index contributed by atoms with van der Waals surface area (Å²) in [6.45, 7) is 8.93. The van der Waals surface area contributed by atoms with Crippen molar-refractivity contribution in [3.8, 4) is 0 Å². The van der Waals surface area contributed by atoms with Gasteiger partial charge < -0.3 is 15.3 Å². The number of hydrogen-bond donors (Lipinski definition) is 2. The van der Waals surface area contributed by atoms with Crippen molar-refractivity contribution in [2.75, 3.05) is 13.6 Å². The lowest BCUT2D eigenvalue weighted by molar-refractivity contribution is 0.0690. The van der Waals surface area contributed by atoms with Crippen LogP contribution in [0.25, 0.3) is 0 Å². The molecule has 2 N–H and O–H groups in total. The maximum absolute atomic E-state index is 12.0. The van der Waals surface area contributed by atoms with E-state index in [1.54, 1.807) is 11.9 Å². The fourth-order valence-electron chi connectivity index (χ4n) is 1.66. The van der Waals surface area contributed by atoms with Gasteiger partial charge in [-0.3, -0.25) is 0 Å². The molecule has 0 fully saturated rings. The van der Waals surface area contributed by atoms with Crippen LogP contribution in [0.4, 0.5) is 4.79 Å². The number of carboxylic acid groups (broad SMARTS) is 1. The Morgan fingerprint density at radius 2 is 2.10 bits per heavy atom. The molecule has 0 saturated heterocycles. The second kappa shape index (κ2) is 6.55. The maximum atomic E-state index is 12.0. The molecule has 1 atom stereocenters. The number of urea groups is 1. The van der Waals surface area contributed by atoms with E-state index in [0.29, 0.717) is 13.1 Å². The number of rotatable bonds is 5. The van der Waals surface area contributed by atoms with E-state index in [4.69, 9.17) is 5.11 Å². The molecule has 0 aliphatic heterocycles. The molecule has 0 saturated carbocycles. The van der Waals surface area contributed by atoms with Crippen LogP contribution >= 0.6 is 0 Å². The summed E-state index contributed by atoms with van der Waals surface area (Å²) in [6, 6.07) is -0.0847. The van der Waals surface area contributed by atoms with E-state index in [2.05, 4.69) is 36.4 Å². The van der Waals surface area contributed by atoms with Crippen molar-refractivity contribution in [2.24, 2.45) is 5.41 Å². The van der Waals surface area contributed by atoms with Crippen molar-refractivity contribution < 1.29 is 14.7 Å². The molecule has 8 nitrogen and oxygen atoms in total. The summed E-state index contributed by atoms with van der Waals surface area (Å²) < 4.78 is 1.39. The summed E-state index contributed by atoms with van der Waals surface area (Å²) in [5.74, 6) is -1.12. The van der Waals surface area contributed by atoms with Crippen LogP contribution < -0.4 is 5.32 Å². The minimum absolute atomic E-state index is 0.00557. The minimum atomic E-state index is -1.12. The molecule has 0 bridgehead atoms. The smallest absolute Gasteiger partial charge is 0.358 e. The van der Waals surface area contributed by atoms with E-state index in [1.807, 2.05) is 6.92 Å². The van der Waals surface area contributed by atoms with Crippen molar-refractivity contribution in [3.63, 3.8) is 0 Å². The average Bonchev–Trinajstić information content (AvgIpc) is 2.84. The van der Waals surface area contributed by atoms with Gasteiger partial charge in [0.2, 0.25) is 0 Å². The highest BCUT2D eigenvalue weighted by atomic mass is 16.4. The molecule has 118 valence electrons. The Balaban J connectivity index is 2.44. The van der Waals surface area contributed by atoms with E-state index in [9.17, 15) is 9.59 Å². The molecule has 0 aliphatic carbocycles. The van der Waals surface area contributed by atoms with Gasteiger partial charge in [0.1, 0.15) is 0 Å². The number of hydrogen-bond acceptors (Lipinski definition) is 4. The third-order valence-electron chi connectivity index (χ3n) is 3.53. The van der Waals surface area contributed by atoms with Crippen LogP contribution in [0.15, 0.2) is 6.20 Å². The Morgan fingerprint density at radius 1 is 1.48 bits per heavy atom. The summed E-state index contributed by atoms with van der Waals surface area (Å²) in [7, 11) is 1.75. The Hall–Kier alpha value is -2.12. The third kappa shape index (κ3) is 4.73. The fourth-order valence-corrected chi connectivity index (χ4v) is 1.66. The van der Waals surface area contributed by atoms with Crippen molar-refractivity contribution >= 4 is 12.0 Å².